The van der Waals surface area contributed by atoms with Crippen LogP contribution in [-0.4, -0.2) is 35.1 Å². The number of nitrogens with one attached hydrogen (secondary N) is 1. The smallest absolute Gasteiger partial charge is 0.384 e. The lowest BCUT2D eigenvalue weighted by Crippen LogP contribution is -2.25. The number of alkyl halides is 3. The lowest BCUT2D eigenvalue weighted by atomic mass is 10.1. The summed E-state index contributed by atoms with van der Waals surface area (Å²) >= 11 is 0. The number of nitrogens with zero attached hydrogens (tertiary/aromatic N) is 3. The minimum atomic E-state index is -4.74. The number of rotatable bonds is 8. The van der Waals surface area contributed by atoms with Crippen molar-refractivity contribution >= 4 is 21.6 Å². The summed E-state index contributed by atoms with van der Waals surface area (Å²) in [7, 11) is -3.65. The van der Waals surface area contributed by atoms with Crippen LogP contribution in [-0.2, 0) is 35.5 Å². The summed E-state index contributed by atoms with van der Waals surface area (Å²) in [6.45, 7) is -0.363. The van der Waals surface area contributed by atoms with Crippen molar-refractivity contribution in [1.29, 1.82) is 0 Å². The Labute approximate surface area is 227 Å². The third-order valence-corrected chi connectivity index (χ3v) is 7.12. The first kappa shape index (κ1) is 28.5. The van der Waals surface area contributed by atoms with E-state index in [0.717, 1.165) is 12.3 Å². The molecule has 4 aromatic rings. The predicted molar refractivity (Wildman–Crippen MR) is 141 cm³/mol. The molecule has 0 aliphatic rings. The SMILES string of the molecule is CS(=O)(=O)c1cc(Cc2cc(C(=O)NCc3ccc(N)nc3C(F)(F)F)ccn2)ccc1Cn1ccccc1=O. The number of nitrogens with two attached hydrogens (primary N) is 1. The lowest BCUT2D eigenvalue weighted by Gasteiger charge is -2.13. The summed E-state index contributed by atoms with van der Waals surface area (Å²) in [6, 6.07) is 14.7. The van der Waals surface area contributed by atoms with E-state index in [-0.39, 0.29) is 40.4 Å². The maximum absolute atomic E-state index is 13.3. The highest BCUT2D eigenvalue weighted by molar-refractivity contribution is 7.90. The van der Waals surface area contributed by atoms with Gasteiger partial charge in [0.25, 0.3) is 11.5 Å². The van der Waals surface area contributed by atoms with Gasteiger partial charge in [0.15, 0.2) is 15.5 Å². The van der Waals surface area contributed by atoms with Crippen LogP contribution in [0.5, 0.6) is 0 Å². The number of benzene rings is 1. The molecule has 0 bridgehead atoms. The molecule has 0 aliphatic carbocycles. The second-order valence-corrected chi connectivity index (χ2v) is 11.0. The first-order chi connectivity index (χ1) is 18.8. The number of nitrogen functional groups attached to an aromatic ring is 1. The first-order valence-electron chi connectivity index (χ1n) is 11.8. The fraction of sp³-hybridized carbons (Fsp3) is 0.185. The summed E-state index contributed by atoms with van der Waals surface area (Å²) in [5.41, 5.74) is 5.32. The van der Waals surface area contributed by atoms with Crippen molar-refractivity contribution in [1.82, 2.24) is 19.9 Å². The Morgan fingerprint density at radius 3 is 2.50 bits per heavy atom. The molecule has 208 valence electrons. The second kappa shape index (κ2) is 11.3. The van der Waals surface area contributed by atoms with E-state index in [4.69, 9.17) is 5.73 Å². The van der Waals surface area contributed by atoms with Crippen LogP contribution in [0.25, 0.3) is 0 Å². The van der Waals surface area contributed by atoms with Gasteiger partial charge in [0.05, 0.1) is 11.4 Å². The molecule has 13 heteroatoms. The standard InChI is InChI=1S/C27H24F3N5O4S/c1-40(38,39)22-13-17(5-6-20(22)16-35-11-3-2-4-24(35)36)12-21-14-18(9-10-32-21)26(37)33-15-19-7-8-23(31)34-25(19)27(28,29)30/h2-11,13-14H,12,15-16H2,1H3,(H2,31,34)(H,33,37). The van der Waals surface area contributed by atoms with E-state index >= 15 is 0 Å². The van der Waals surface area contributed by atoms with E-state index in [1.165, 1.54) is 41.1 Å². The second-order valence-electron chi connectivity index (χ2n) is 9.02. The van der Waals surface area contributed by atoms with Crippen LogP contribution in [0, 0.1) is 0 Å². The number of carbonyl (C=O) groups is 1. The van der Waals surface area contributed by atoms with Gasteiger partial charge in [0.1, 0.15) is 5.82 Å². The van der Waals surface area contributed by atoms with Gasteiger partial charge >= 0.3 is 6.18 Å². The van der Waals surface area contributed by atoms with Crippen molar-refractivity contribution in [3.63, 3.8) is 0 Å². The number of anilines is 1. The van der Waals surface area contributed by atoms with Gasteiger partial charge in [-0.2, -0.15) is 13.2 Å². The fourth-order valence-electron chi connectivity index (χ4n) is 4.05. The maximum Gasteiger partial charge on any atom is 0.433 e. The third-order valence-electron chi connectivity index (χ3n) is 5.94. The normalized spacial score (nSPS) is 11.8. The van der Waals surface area contributed by atoms with Crippen molar-refractivity contribution in [3.8, 4) is 0 Å². The largest absolute Gasteiger partial charge is 0.433 e. The average Bonchev–Trinajstić information content (AvgIpc) is 2.89. The molecule has 0 saturated heterocycles. The van der Waals surface area contributed by atoms with E-state index in [1.54, 1.807) is 30.5 Å². The molecule has 4 rings (SSSR count). The van der Waals surface area contributed by atoms with Crippen molar-refractivity contribution < 1.29 is 26.4 Å². The van der Waals surface area contributed by atoms with E-state index in [0.29, 0.717) is 16.8 Å². The molecule has 1 amide bonds. The first-order valence-corrected chi connectivity index (χ1v) is 13.7. The van der Waals surface area contributed by atoms with Crippen molar-refractivity contribution in [3.05, 3.63) is 117 Å². The zero-order chi connectivity index (χ0) is 29.1. The summed E-state index contributed by atoms with van der Waals surface area (Å²) in [4.78, 5) is 32.5. The molecule has 3 N–H and O–H groups in total. The monoisotopic (exact) mass is 571 g/mol. The van der Waals surface area contributed by atoms with Gasteiger partial charge in [-0.25, -0.2) is 13.4 Å². The lowest BCUT2D eigenvalue weighted by molar-refractivity contribution is -0.141. The topological polar surface area (TPSA) is 137 Å². The number of amides is 1. The third kappa shape index (κ3) is 6.91. The molecular formula is C27H24F3N5O4S. The highest BCUT2D eigenvalue weighted by Crippen LogP contribution is 2.31. The highest BCUT2D eigenvalue weighted by Gasteiger charge is 2.35. The van der Waals surface area contributed by atoms with Crippen molar-refractivity contribution in [2.45, 2.75) is 30.6 Å². The molecule has 0 spiro atoms. The average molecular weight is 572 g/mol. The Kier molecular flexibility index (Phi) is 8.05. The number of sulfone groups is 1. The summed E-state index contributed by atoms with van der Waals surface area (Å²) in [5.74, 6) is -0.920. The van der Waals surface area contributed by atoms with E-state index in [1.807, 2.05) is 0 Å². The molecule has 0 saturated carbocycles. The Hall–Kier alpha value is -4.52. The Bertz CT molecular complexity index is 1740. The van der Waals surface area contributed by atoms with E-state index < -0.39 is 34.2 Å². The van der Waals surface area contributed by atoms with Crippen molar-refractivity contribution in [2.75, 3.05) is 12.0 Å². The van der Waals surface area contributed by atoms with Crippen LogP contribution in [0.15, 0.2) is 82.7 Å². The predicted octanol–water partition coefficient (Wildman–Crippen LogP) is 3.21. The minimum absolute atomic E-state index is 0.0622. The van der Waals surface area contributed by atoms with Gasteiger partial charge in [-0.3, -0.25) is 14.6 Å². The fourth-order valence-corrected chi connectivity index (χ4v) is 5.03. The highest BCUT2D eigenvalue weighted by atomic mass is 32.2. The zero-order valence-corrected chi connectivity index (χ0v) is 22.0. The number of aromatic nitrogens is 3. The van der Waals surface area contributed by atoms with Crippen LogP contribution in [0.3, 0.4) is 0 Å². The summed E-state index contributed by atoms with van der Waals surface area (Å²) < 4.78 is 66.4. The molecular weight excluding hydrogens is 547 g/mol. The number of halogens is 3. The molecule has 9 nitrogen and oxygen atoms in total. The minimum Gasteiger partial charge on any atom is -0.384 e. The Balaban J connectivity index is 1.52. The molecule has 0 radical (unpaired) electrons. The molecule has 3 heterocycles. The van der Waals surface area contributed by atoms with Gasteiger partial charge in [-0.1, -0.05) is 24.3 Å². The van der Waals surface area contributed by atoms with Gasteiger partial charge in [0.2, 0.25) is 0 Å². The zero-order valence-electron chi connectivity index (χ0n) is 21.1. The van der Waals surface area contributed by atoms with Crippen LogP contribution in [0.4, 0.5) is 19.0 Å². The molecule has 0 unspecified atom stereocenters. The summed E-state index contributed by atoms with van der Waals surface area (Å²) in [5, 5.41) is 2.45. The Morgan fingerprint density at radius 1 is 1.05 bits per heavy atom. The van der Waals surface area contributed by atoms with Crippen LogP contribution < -0.4 is 16.6 Å². The van der Waals surface area contributed by atoms with Gasteiger partial charge in [0, 0.05) is 54.5 Å². The van der Waals surface area contributed by atoms with Crippen LogP contribution in [0.1, 0.15) is 38.4 Å². The Morgan fingerprint density at radius 2 is 1.80 bits per heavy atom. The van der Waals surface area contributed by atoms with Crippen LogP contribution >= 0.6 is 0 Å². The number of hydrogen-bond donors (Lipinski definition) is 2. The number of carbonyl (C=O) groups excluding carboxylic acids is 1. The van der Waals surface area contributed by atoms with E-state index in [2.05, 4.69) is 15.3 Å². The maximum atomic E-state index is 13.3. The summed E-state index contributed by atoms with van der Waals surface area (Å²) in [6.07, 6.45) is -0.542. The quantitative estimate of drug-likeness (QED) is 0.331. The van der Waals surface area contributed by atoms with Gasteiger partial charge in [-0.15, -0.1) is 0 Å². The molecule has 0 atom stereocenters. The molecule has 40 heavy (non-hydrogen) atoms. The number of hydrogen-bond acceptors (Lipinski definition) is 7. The molecule has 3 aromatic heterocycles. The molecule has 0 fully saturated rings. The van der Waals surface area contributed by atoms with E-state index in [9.17, 15) is 31.2 Å². The van der Waals surface area contributed by atoms with Gasteiger partial charge in [-0.05, 0) is 41.5 Å². The molecule has 0 aliphatic heterocycles. The molecule has 1 aromatic carbocycles. The number of pyridine rings is 3. The van der Waals surface area contributed by atoms with Crippen molar-refractivity contribution in [2.24, 2.45) is 0 Å². The van der Waals surface area contributed by atoms with Crippen LogP contribution in [0.2, 0.25) is 0 Å². The van der Waals surface area contributed by atoms with Gasteiger partial charge < -0.3 is 15.6 Å².